The van der Waals surface area contributed by atoms with Crippen molar-refractivity contribution in [3.63, 3.8) is 0 Å². The number of aryl methyl sites for hydroxylation is 1. The van der Waals surface area contributed by atoms with Crippen LogP contribution < -0.4 is 15.5 Å². The van der Waals surface area contributed by atoms with E-state index in [0.29, 0.717) is 35.9 Å². The highest BCUT2D eigenvalue weighted by molar-refractivity contribution is 5.97. The van der Waals surface area contributed by atoms with Crippen molar-refractivity contribution in [3.8, 4) is 28.7 Å². The predicted octanol–water partition coefficient (Wildman–Crippen LogP) is 18.3. The molecule has 0 saturated heterocycles. The van der Waals surface area contributed by atoms with Gasteiger partial charge in [0.2, 0.25) is 5.91 Å². The molecule has 7 N–H and O–H groups in total. The third kappa shape index (κ3) is 19.8. The van der Waals surface area contributed by atoms with E-state index in [1.54, 1.807) is 73.3 Å². The highest BCUT2D eigenvalue weighted by atomic mass is 16.3. The van der Waals surface area contributed by atoms with Crippen molar-refractivity contribution < 1.29 is 35.1 Å². The fourth-order valence-electron chi connectivity index (χ4n) is 8.81. The lowest BCUT2D eigenvalue weighted by atomic mass is 10.0. The van der Waals surface area contributed by atoms with E-state index in [2.05, 4.69) is 49.9 Å². The zero-order chi connectivity index (χ0) is 59.3. The fraction of sp³-hybridized carbons (Fsp3) is 0.268. The van der Waals surface area contributed by atoms with Crippen LogP contribution in [-0.2, 0) is 22.4 Å². The lowest BCUT2D eigenvalue weighted by Crippen LogP contribution is -2.27. The molecule has 0 radical (unpaired) electrons. The van der Waals surface area contributed by atoms with E-state index in [1.807, 2.05) is 152 Å². The van der Waals surface area contributed by atoms with E-state index < -0.39 is 0 Å². The molecule has 0 spiro atoms. The molecule has 0 aliphatic heterocycles. The summed E-state index contributed by atoms with van der Waals surface area (Å²) in [6, 6.07) is 56.6. The smallest absolute Gasteiger partial charge is 0.223 e. The number of carbonyl (C=O) groups is 2. The van der Waals surface area contributed by atoms with Gasteiger partial charge in [-0.3, -0.25) is 9.59 Å². The minimum atomic E-state index is 0. The lowest BCUT2D eigenvalue weighted by Gasteiger charge is -2.21. The van der Waals surface area contributed by atoms with Gasteiger partial charge in [-0.2, -0.15) is 0 Å². The number of phenolic OH excluding ortho intramolecular Hbond substituents is 5. The largest absolute Gasteiger partial charge is 0.507 e. The first-order valence-corrected chi connectivity index (χ1v) is 28.0. The van der Waals surface area contributed by atoms with Gasteiger partial charge in [-0.15, -0.1) is 0 Å². The fourth-order valence-corrected chi connectivity index (χ4v) is 8.81. The van der Waals surface area contributed by atoms with Gasteiger partial charge < -0.3 is 41.1 Å². The molecular formula is C71H89N3O7. The Labute approximate surface area is 482 Å². The molecule has 0 aliphatic rings. The standard InChI is InChI=1S/C14H15NO2.C14H17NO.C13H12O2.C13H14O.C10H9NO.3C2H6.CH4/c1-3-15(10(2)16)12-7-8-13-11(9-12)5-4-6-14(13)17;1-3-15(4-2)12-8-9-13-11(10-12)6-5-7-14(13)16;1-9(14)7-10-5-6-12-11(8-10)3-2-4-13(12)15;1-2-4-10-7-8-12-11(9-10)5-3-6-13(12)14;11-8-4-5-9-7(6-8)2-1-3-10(9)12;3*1-2;/h4-9,17H,3H2,1-2H3;5-10,16H,3-4H2,1-2H3;2-6,8,15H,7H2,1H3;3,5-9,14H,2,4H2,1H3;1-6,12H,11H2;3*1-2H3;1H4. The van der Waals surface area contributed by atoms with Crippen LogP contribution in [0.3, 0.4) is 0 Å². The van der Waals surface area contributed by atoms with E-state index >= 15 is 0 Å². The number of hydrogen-bond acceptors (Lipinski definition) is 9. The SMILES string of the molecule is C.CC.CC.CC.CC(=O)Cc1ccc2c(O)cccc2c1.CCCc1ccc2c(O)cccc2c1.CCN(C(C)=O)c1ccc2c(O)cccc2c1.CCN(CC)c1ccc2c(O)cccc2c1.Nc1ccc2c(O)cccc2c1. The summed E-state index contributed by atoms with van der Waals surface area (Å²) in [5, 5.41) is 57.4. The molecule has 0 fully saturated rings. The average molecular weight is 1100 g/mol. The Hall–Kier alpha value is -8.76. The number of aromatic hydroxyl groups is 5. The number of phenols is 5. The van der Waals surface area contributed by atoms with Gasteiger partial charge in [-0.05, 0) is 157 Å². The van der Waals surface area contributed by atoms with Gasteiger partial charge in [0.25, 0.3) is 0 Å². The topological polar surface area (TPSA) is 168 Å². The molecule has 10 aromatic rings. The number of amides is 1. The number of benzene rings is 10. The second kappa shape index (κ2) is 35.7. The molecule has 0 unspecified atom stereocenters. The molecule has 0 atom stereocenters. The molecule has 81 heavy (non-hydrogen) atoms. The predicted molar refractivity (Wildman–Crippen MR) is 349 cm³/mol. The summed E-state index contributed by atoms with van der Waals surface area (Å²) in [5.41, 5.74) is 10.7. The Balaban J connectivity index is 0.000000338. The summed E-state index contributed by atoms with van der Waals surface area (Å²) in [6.07, 6.45) is 2.71. The van der Waals surface area contributed by atoms with Crippen molar-refractivity contribution in [1.82, 2.24) is 0 Å². The molecule has 1 amide bonds. The Bertz CT molecular complexity index is 3520. The molecule has 10 nitrogen and oxygen atoms in total. The van der Waals surface area contributed by atoms with Gasteiger partial charge in [0.15, 0.2) is 0 Å². The average Bonchev–Trinajstić information content (AvgIpc) is 3.51. The minimum Gasteiger partial charge on any atom is -0.507 e. The van der Waals surface area contributed by atoms with Crippen LogP contribution in [0.25, 0.3) is 53.9 Å². The zero-order valence-corrected chi connectivity index (χ0v) is 49.1. The highest BCUT2D eigenvalue weighted by Crippen LogP contribution is 2.31. The molecule has 0 aliphatic carbocycles. The Morgan fingerprint density at radius 3 is 1.11 bits per heavy atom. The summed E-state index contributed by atoms with van der Waals surface area (Å²) in [5.74, 6) is 1.73. The molecule has 0 heterocycles. The van der Waals surface area contributed by atoms with Gasteiger partial charge in [-0.1, -0.05) is 159 Å². The van der Waals surface area contributed by atoms with E-state index in [0.717, 1.165) is 91.0 Å². The van der Waals surface area contributed by atoms with Gasteiger partial charge in [0.1, 0.15) is 34.5 Å². The Morgan fingerprint density at radius 2 is 0.741 bits per heavy atom. The maximum absolute atomic E-state index is 11.5. The van der Waals surface area contributed by atoms with E-state index in [9.17, 15) is 35.1 Å². The van der Waals surface area contributed by atoms with E-state index in [-0.39, 0.29) is 30.6 Å². The molecule has 0 aromatic heterocycles. The lowest BCUT2D eigenvalue weighted by molar-refractivity contribution is -0.117. The highest BCUT2D eigenvalue weighted by Gasteiger charge is 2.11. The quantitative estimate of drug-likeness (QED) is 0.0771. The van der Waals surface area contributed by atoms with Crippen molar-refractivity contribution in [1.29, 1.82) is 0 Å². The molecule has 10 rings (SSSR count). The Kier molecular flexibility index (Phi) is 30.1. The number of Topliss-reactive ketones (excluding diaryl/α,β-unsaturated/α-hetero) is 1. The third-order valence-electron chi connectivity index (χ3n) is 12.5. The summed E-state index contributed by atoms with van der Waals surface area (Å²) in [6.45, 7) is 26.2. The number of ketones is 1. The van der Waals surface area contributed by atoms with Gasteiger partial charge >= 0.3 is 0 Å². The monoisotopic (exact) mass is 1100 g/mol. The molecular weight excluding hydrogens is 1010 g/mol. The first-order chi connectivity index (χ1) is 38.6. The number of rotatable bonds is 9. The second-order valence-corrected chi connectivity index (χ2v) is 17.9. The van der Waals surface area contributed by atoms with Crippen LogP contribution in [-0.4, -0.2) is 56.9 Å². The number of nitrogens with two attached hydrogens (primary N) is 1. The van der Waals surface area contributed by atoms with Crippen LogP contribution in [0.15, 0.2) is 182 Å². The maximum atomic E-state index is 11.5. The molecule has 10 heteroatoms. The van der Waals surface area contributed by atoms with Gasteiger partial charge in [0, 0.05) is 77.0 Å². The summed E-state index contributed by atoms with van der Waals surface area (Å²) in [7, 11) is 0. The molecule has 10 aromatic carbocycles. The number of nitrogens with zero attached hydrogens (tertiary/aromatic N) is 2. The van der Waals surface area contributed by atoms with Gasteiger partial charge in [0.05, 0.1) is 0 Å². The molecule has 430 valence electrons. The van der Waals surface area contributed by atoms with Crippen LogP contribution in [0.2, 0.25) is 0 Å². The molecule has 0 saturated carbocycles. The van der Waals surface area contributed by atoms with Crippen LogP contribution in [0, 0.1) is 0 Å². The number of anilines is 3. The third-order valence-corrected chi connectivity index (χ3v) is 12.5. The first kappa shape index (κ1) is 68.3. The van der Waals surface area contributed by atoms with Crippen molar-refractivity contribution in [3.05, 3.63) is 193 Å². The number of fused-ring (bicyclic) bond motifs is 5. The van der Waals surface area contributed by atoms with Crippen LogP contribution in [0.1, 0.15) is 108 Å². The Morgan fingerprint density at radius 1 is 0.407 bits per heavy atom. The van der Waals surface area contributed by atoms with Crippen LogP contribution in [0.4, 0.5) is 17.1 Å². The zero-order valence-electron chi connectivity index (χ0n) is 49.1. The molecule has 0 bridgehead atoms. The first-order valence-electron chi connectivity index (χ1n) is 28.0. The van der Waals surface area contributed by atoms with E-state index in [1.165, 1.54) is 11.3 Å². The van der Waals surface area contributed by atoms with Crippen molar-refractivity contribution in [2.75, 3.05) is 35.2 Å². The minimum absolute atomic E-state index is 0. The summed E-state index contributed by atoms with van der Waals surface area (Å²) < 4.78 is 0. The number of carbonyl (C=O) groups excluding carboxylic acids is 2. The number of nitrogen functional groups attached to an aromatic ring is 1. The maximum Gasteiger partial charge on any atom is 0.223 e. The number of hydrogen-bond donors (Lipinski definition) is 6. The van der Waals surface area contributed by atoms with Crippen molar-refractivity contribution in [2.24, 2.45) is 0 Å². The van der Waals surface area contributed by atoms with Crippen molar-refractivity contribution >= 4 is 82.6 Å². The van der Waals surface area contributed by atoms with Crippen LogP contribution >= 0.6 is 0 Å². The van der Waals surface area contributed by atoms with Crippen molar-refractivity contribution in [2.45, 2.75) is 110 Å². The normalized spacial score (nSPS) is 9.83. The summed E-state index contributed by atoms with van der Waals surface area (Å²) >= 11 is 0. The van der Waals surface area contributed by atoms with E-state index in [4.69, 9.17) is 5.73 Å². The van der Waals surface area contributed by atoms with Crippen LogP contribution in [0.5, 0.6) is 28.7 Å². The summed E-state index contributed by atoms with van der Waals surface area (Å²) in [4.78, 5) is 26.4. The second-order valence-electron chi connectivity index (χ2n) is 17.9. The van der Waals surface area contributed by atoms with Gasteiger partial charge in [-0.25, -0.2) is 0 Å².